The molecule has 1 aliphatic carbocycles. The van der Waals surface area contributed by atoms with Crippen LogP contribution in [0.15, 0.2) is 0 Å². The molecule has 17 heavy (non-hydrogen) atoms. The van der Waals surface area contributed by atoms with E-state index >= 15 is 0 Å². The summed E-state index contributed by atoms with van der Waals surface area (Å²) < 4.78 is 0. The zero-order chi connectivity index (χ0) is 12.7. The third kappa shape index (κ3) is 3.03. The van der Waals surface area contributed by atoms with Crippen LogP contribution in [0.2, 0.25) is 0 Å². The van der Waals surface area contributed by atoms with Crippen molar-refractivity contribution in [1.29, 1.82) is 0 Å². The van der Waals surface area contributed by atoms with Gasteiger partial charge in [-0.3, -0.25) is 4.90 Å². The maximum Gasteiger partial charge on any atom is 0.0581 e. The number of rotatable bonds is 2. The van der Waals surface area contributed by atoms with Crippen molar-refractivity contribution in [2.75, 3.05) is 13.1 Å². The number of nitrogens with zero attached hydrogens (tertiary/aromatic N) is 1. The maximum absolute atomic E-state index is 10.2. The van der Waals surface area contributed by atoms with Crippen LogP contribution in [0.5, 0.6) is 0 Å². The fraction of sp³-hybridized carbons (Fsp3) is 1.00. The molecule has 1 N–H and O–H groups in total. The van der Waals surface area contributed by atoms with Crippen LogP contribution in [0.3, 0.4) is 0 Å². The summed E-state index contributed by atoms with van der Waals surface area (Å²) in [5, 5.41) is 10.2. The van der Waals surface area contributed by atoms with Gasteiger partial charge in [0.2, 0.25) is 0 Å². The van der Waals surface area contributed by atoms with Crippen LogP contribution >= 0.6 is 0 Å². The first-order chi connectivity index (χ1) is 7.80. The quantitative estimate of drug-likeness (QED) is 0.800. The first-order valence-corrected chi connectivity index (χ1v) is 7.23. The van der Waals surface area contributed by atoms with E-state index in [-0.39, 0.29) is 6.10 Å². The van der Waals surface area contributed by atoms with Crippen LogP contribution < -0.4 is 0 Å². The van der Waals surface area contributed by atoms with E-state index in [0.29, 0.717) is 16.9 Å². The van der Waals surface area contributed by atoms with Crippen molar-refractivity contribution in [2.24, 2.45) is 11.3 Å². The van der Waals surface area contributed by atoms with Crippen LogP contribution in [0, 0.1) is 11.3 Å². The lowest BCUT2D eigenvalue weighted by atomic mass is 9.70. The SMILES string of the molecule is CC1(C)CCC(O)C(CN2CCCC2(C)C)C1. The molecule has 2 heteroatoms. The molecular formula is C15H29NO. The van der Waals surface area contributed by atoms with Crippen molar-refractivity contribution in [3.63, 3.8) is 0 Å². The zero-order valence-corrected chi connectivity index (χ0v) is 12.0. The molecule has 0 aromatic rings. The van der Waals surface area contributed by atoms with Crippen molar-refractivity contribution < 1.29 is 5.11 Å². The molecule has 0 bridgehead atoms. The summed E-state index contributed by atoms with van der Waals surface area (Å²) in [6, 6.07) is 0. The van der Waals surface area contributed by atoms with E-state index in [2.05, 4.69) is 32.6 Å². The number of hydrogen-bond acceptors (Lipinski definition) is 2. The third-order valence-corrected chi connectivity index (χ3v) is 5.00. The Hall–Kier alpha value is -0.0800. The molecule has 100 valence electrons. The van der Waals surface area contributed by atoms with Crippen LogP contribution in [-0.2, 0) is 0 Å². The van der Waals surface area contributed by atoms with Gasteiger partial charge in [-0.25, -0.2) is 0 Å². The predicted octanol–water partition coefficient (Wildman–Crippen LogP) is 3.05. The van der Waals surface area contributed by atoms with Gasteiger partial charge in [0.1, 0.15) is 0 Å². The summed E-state index contributed by atoms with van der Waals surface area (Å²) in [5.74, 6) is 0.483. The Morgan fingerprint density at radius 3 is 2.47 bits per heavy atom. The lowest BCUT2D eigenvalue weighted by Crippen LogP contribution is -2.46. The van der Waals surface area contributed by atoms with Gasteiger partial charge in [0, 0.05) is 12.1 Å². The summed E-state index contributed by atoms with van der Waals surface area (Å²) in [5.41, 5.74) is 0.773. The van der Waals surface area contributed by atoms with E-state index in [1.807, 2.05) is 0 Å². The number of aliphatic hydroxyl groups excluding tert-OH is 1. The smallest absolute Gasteiger partial charge is 0.0581 e. The Balaban J connectivity index is 1.97. The van der Waals surface area contributed by atoms with E-state index in [4.69, 9.17) is 0 Å². The predicted molar refractivity (Wildman–Crippen MR) is 72.0 cm³/mol. The Bertz CT molecular complexity index is 272. The molecule has 0 aromatic carbocycles. The highest BCUT2D eigenvalue weighted by Crippen LogP contribution is 2.40. The van der Waals surface area contributed by atoms with E-state index < -0.39 is 0 Å². The molecule has 2 aliphatic rings. The van der Waals surface area contributed by atoms with E-state index in [0.717, 1.165) is 13.0 Å². The standard InChI is InChI=1S/C15H29NO/c1-14(2)8-6-13(17)12(10-14)11-16-9-5-7-15(16,3)4/h12-13,17H,5-11H2,1-4H3. The van der Waals surface area contributed by atoms with E-state index in [1.54, 1.807) is 0 Å². The lowest BCUT2D eigenvalue weighted by molar-refractivity contribution is -0.00514. The maximum atomic E-state index is 10.2. The number of likely N-dealkylation sites (tertiary alicyclic amines) is 1. The van der Waals surface area contributed by atoms with Crippen molar-refractivity contribution in [2.45, 2.75) is 71.4 Å². The molecule has 1 saturated heterocycles. The minimum atomic E-state index is -0.0700. The average Bonchev–Trinajstić information content (AvgIpc) is 2.52. The molecular weight excluding hydrogens is 210 g/mol. The third-order valence-electron chi connectivity index (χ3n) is 5.00. The van der Waals surface area contributed by atoms with Crippen LogP contribution in [-0.4, -0.2) is 34.7 Å². The van der Waals surface area contributed by atoms with Gasteiger partial charge in [-0.1, -0.05) is 13.8 Å². The fourth-order valence-corrected chi connectivity index (χ4v) is 3.69. The van der Waals surface area contributed by atoms with Gasteiger partial charge >= 0.3 is 0 Å². The monoisotopic (exact) mass is 239 g/mol. The summed E-state index contributed by atoms with van der Waals surface area (Å²) >= 11 is 0. The molecule has 1 heterocycles. The normalized spacial score (nSPS) is 37.2. The van der Waals surface area contributed by atoms with E-state index in [1.165, 1.54) is 32.2 Å². The van der Waals surface area contributed by atoms with Gasteiger partial charge in [-0.05, 0) is 63.8 Å². The molecule has 1 saturated carbocycles. The molecule has 2 atom stereocenters. The summed E-state index contributed by atoms with van der Waals surface area (Å²) in [7, 11) is 0. The number of hydrogen-bond donors (Lipinski definition) is 1. The fourth-order valence-electron chi connectivity index (χ4n) is 3.69. The second kappa shape index (κ2) is 4.55. The van der Waals surface area contributed by atoms with E-state index in [9.17, 15) is 5.11 Å². The molecule has 0 radical (unpaired) electrons. The summed E-state index contributed by atoms with van der Waals surface area (Å²) in [6.45, 7) is 11.7. The largest absolute Gasteiger partial charge is 0.393 e. The zero-order valence-electron chi connectivity index (χ0n) is 12.0. The molecule has 1 aliphatic heterocycles. The molecule has 0 spiro atoms. The first-order valence-electron chi connectivity index (χ1n) is 7.23. The van der Waals surface area contributed by atoms with Crippen LogP contribution in [0.1, 0.15) is 59.8 Å². The van der Waals surface area contributed by atoms with Gasteiger partial charge < -0.3 is 5.11 Å². The minimum Gasteiger partial charge on any atom is -0.393 e. The Morgan fingerprint density at radius 2 is 1.88 bits per heavy atom. The highest BCUT2D eigenvalue weighted by atomic mass is 16.3. The molecule has 0 aromatic heterocycles. The first kappa shape index (κ1) is 13.4. The topological polar surface area (TPSA) is 23.5 Å². The van der Waals surface area contributed by atoms with Crippen LogP contribution in [0.4, 0.5) is 0 Å². The highest BCUT2D eigenvalue weighted by Gasteiger charge is 2.38. The number of aliphatic hydroxyl groups is 1. The molecule has 2 nitrogen and oxygen atoms in total. The molecule has 2 unspecified atom stereocenters. The van der Waals surface area contributed by atoms with Crippen molar-refractivity contribution in [3.8, 4) is 0 Å². The van der Waals surface area contributed by atoms with Crippen LogP contribution in [0.25, 0.3) is 0 Å². The summed E-state index contributed by atoms with van der Waals surface area (Å²) in [6.07, 6.45) is 5.90. The Kier molecular flexibility index (Phi) is 3.57. The van der Waals surface area contributed by atoms with Gasteiger partial charge in [-0.15, -0.1) is 0 Å². The van der Waals surface area contributed by atoms with Crippen molar-refractivity contribution >= 4 is 0 Å². The van der Waals surface area contributed by atoms with Gasteiger partial charge in [0.05, 0.1) is 6.10 Å². The second-order valence-corrected chi connectivity index (χ2v) is 7.60. The average molecular weight is 239 g/mol. The summed E-state index contributed by atoms with van der Waals surface area (Å²) in [4.78, 5) is 2.60. The van der Waals surface area contributed by atoms with Crippen molar-refractivity contribution in [1.82, 2.24) is 4.90 Å². The van der Waals surface area contributed by atoms with Crippen molar-refractivity contribution in [3.05, 3.63) is 0 Å². The minimum absolute atomic E-state index is 0.0700. The van der Waals surface area contributed by atoms with Gasteiger partial charge in [0.15, 0.2) is 0 Å². The molecule has 0 amide bonds. The molecule has 2 fully saturated rings. The molecule has 2 rings (SSSR count). The van der Waals surface area contributed by atoms with Gasteiger partial charge in [0.25, 0.3) is 0 Å². The Morgan fingerprint density at radius 1 is 1.18 bits per heavy atom. The lowest BCUT2D eigenvalue weighted by Gasteiger charge is -2.42. The Labute approximate surface area is 106 Å². The second-order valence-electron chi connectivity index (χ2n) is 7.60. The highest BCUT2D eigenvalue weighted by molar-refractivity contribution is 4.92. The van der Waals surface area contributed by atoms with Gasteiger partial charge in [-0.2, -0.15) is 0 Å².